The molecule has 0 aliphatic rings. The second kappa shape index (κ2) is 8.47. The van der Waals surface area contributed by atoms with E-state index in [1.807, 2.05) is 31.2 Å². The molecular weight excluding hydrogens is 322 g/mol. The van der Waals surface area contributed by atoms with E-state index in [9.17, 15) is 13.6 Å². The number of alkyl halides is 2. The van der Waals surface area contributed by atoms with Gasteiger partial charge in [0.25, 0.3) is 11.7 Å². The number of benzene rings is 1. The van der Waals surface area contributed by atoms with Crippen LogP contribution in [-0.2, 0) is 0 Å². The highest BCUT2D eigenvalue weighted by Gasteiger charge is 2.16. The molecule has 0 aliphatic heterocycles. The molecule has 0 radical (unpaired) electrons. The fraction of sp³-hybridized carbons (Fsp3) is 0.250. The minimum absolute atomic E-state index is 0.0135. The van der Waals surface area contributed by atoms with Gasteiger partial charge in [-0.3, -0.25) is 4.79 Å². The first-order valence-corrected chi connectivity index (χ1v) is 7.81. The van der Waals surface area contributed by atoms with Gasteiger partial charge in [0, 0.05) is 6.20 Å². The molecule has 1 amide bonds. The molecule has 7 heteroatoms. The maximum absolute atomic E-state index is 12.5. The van der Waals surface area contributed by atoms with E-state index in [2.05, 4.69) is 10.3 Å². The Kier molecular flexibility index (Phi) is 6.34. The van der Waals surface area contributed by atoms with Crippen LogP contribution in [0.15, 0.2) is 47.6 Å². The number of aryl methyl sites for hydroxylation is 1. The summed E-state index contributed by atoms with van der Waals surface area (Å²) in [5, 5.41) is 2.65. The van der Waals surface area contributed by atoms with Crippen LogP contribution < -0.4 is 10.1 Å². The van der Waals surface area contributed by atoms with Gasteiger partial charge in [-0.2, -0.15) is 8.78 Å². The van der Waals surface area contributed by atoms with Crippen molar-refractivity contribution in [2.45, 2.75) is 17.7 Å². The molecule has 1 aromatic carbocycles. The van der Waals surface area contributed by atoms with Gasteiger partial charge in [-0.1, -0.05) is 12.1 Å². The van der Waals surface area contributed by atoms with Crippen molar-refractivity contribution in [3.8, 4) is 5.75 Å². The molecule has 1 aromatic heterocycles. The number of thioether (sulfide) groups is 1. The Balaban J connectivity index is 1.85. The highest BCUT2D eigenvalue weighted by atomic mass is 32.2. The van der Waals surface area contributed by atoms with Crippen molar-refractivity contribution >= 4 is 17.7 Å². The monoisotopic (exact) mass is 338 g/mol. The Morgan fingerprint density at radius 2 is 2.17 bits per heavy atom. The van der Waals surface area contributed by atoms with E-state index in [1.165, 1.54) is 18.3 Å². The second-order valence-corrected chi connectivity index (χ2v) is 5.63. The fourth-order valence-electron chi connectivity index (χ4n) is 1.88. The quantitative estimate of drug-likeness (QED) is 0.620. The Morgan fingerprint density at radius 1 is 1.35 bits per heavy atom. The number of nitrogens with one attached hydrogen (secondary N) is 1. The molecule has 0 fully saturated rings. The van der Waals surface area contributed by atoms with Crippen LogP contribution >= 0.6 is 11.8 Å². The van der Waals surface area contributed by atoms with Gasteiger partial charge in [0.05, 0.1) is 12.1 Å². The fourth-order valence-corrected chi connectivity index (χ4v) is 2.45. The molecule has 4 nitrogen and oxygen atoms in total. The third-order valence-corrected chi connectivity index (χ3v) is 3.59. The lowest BCUT2D eigenvalue weighted by atomic mass is 10.2. The summed E-state index contributed by atoms with van der Waals surface area (Å²) in [4.78, 5) is 15.9. The van der Waals surface area contributed by atoms with Crippen molar-refractivity contribution in [3.63, 3.8) is 0 Å². The normalized spacial score (nSPS) is 10.6. The maximum atomic E-state index is 12.5. The lowest BCUT2D eigenvalue weighted by Gasteiger charge is -2.10. The smallest absolute Gasteiger partial charge is 0.290 e. The van der Waals surface area contributed by atoms with Crippen LogP contribution in [0.2, 0.25) is 0 Å². The van der Waals surface area contributed by atoms with E-state index in [0.29, 0.717) is 0 Å². The number of nitrogens with zero attached hydrogens (tertiary/aromatic N) is 1. The third-order valence-electron chi connectivity index (χ3n) is 2.86. The molecule has 2 aromatic rings. The minimum atomic E-state index is -2.62. The predicted molar refractivity (Wildman–Crippen MR) is 85.1 cm³/mol. The first-order valence-electron chi connectivity index (χ1n) is 6.94. The Labute approximate surface area is 137 Å². The molecule has 1 heterocycles. The summed E-state index contributed by atoms with van der Waals surface area (Å²) in [5.74, 6) is -2.36. The summed E-state index contributed by atoms with van der Waals surface area (Å²) in [6, 6.07) is 10.6. The minimum Gasteiger partial charge on any atom is -0.492 e. The van der Waals surface area contributed by atoms with Crippen molar-refractivity contribution in [2.75, 3.05) is 13.2 Å². The van der Waals surface area contributed by atoms with Crippen LogP contribution in [0, 0.1) is 6.92 Å². The number of halogens is 2. The van der Waals surface area contributed by atoms with Crippen LogP contribution in [0.3, 0.4) is 0 Å². The Hall–Kier alpha value is -2.15. The van der Waals surface area contributed by atoms with Crippen LogP contribution in [-0.4, -0.2) is 29.8 Å². The molecule has 2 rings (SSSR count). The number of rotatable bonds is 7. The SMILES string of the molecule is Cc1cccc(OCCNC(=O)c2cccnc2SC(F)F)c1. The lowest BCUT2D eigenvalue weighted by molar-refractivity contribution is 0.0943. The number of hydrogen-bond acceptors (Lipinski definition) is 4. The molecule has 0 saturated carbocycles. The Morgan fingerprint density at radius 3 is 2.91 bits per heavy atom. The predicted octanol–water partition coefficient (Wildman–Crippen LogP) is 3.51. The van der Waals surface area contributed by atoms with Crippen molar-refractivity contribution in [3.05, 3.63) is 53.7 Å². The third kappa shape index (κ3) is 5.52. The molecule has 0 unspecified atom stereocenters. The zero-order chi connectivity index (χ0) is 16.7. The van der Waals surface area contributed by atoms with Crippen molar-refractivity contribution in [1.82, 2.24) is 10.3 Å². The van der Waals surface area contributed by atoms with Crippen molar-refractivity contribution < 1.29 is 18.3 Å². The highest BCUT2D eigenvalue weighted by Crippen LogP contribution is 2.26. The number of ether oxygens (including phenoxy) is 1. The average molecular weight is 338 g/mol. The molecule has 0 aliphatic carbocycles. The summed E-state index contributed by atoms with van der Waals surface area (Å²) < 4.78 is 30.4. The van der Waals surface area contributed by atoms with Crippen LogP contribution in [0.25, 0.3) is 0 Å². The van der Waals surface area contributed by atoms with Crippen molar-refractivity contribution in [1.29, 1.82) is 0 Å². The number of carbonyl (C=O) groups excluding carboxylic acids is 1. The van der Waals surface area contributed by atoms with Gasteiger partial charge in [0.1, 0.15) is 17.4 Å². The number of carbonyl (C=O) groups is 1. The summed E-state index contributed by atoms with van der Waals surface area (Å²) >= 11 is 0.255. The summed E-state index contributed by atoms with van der Waals surface area (Å²) in [7, 11) is 0. The number of hydrogen-bond donors (Lipinski definition) is 1. The molecule has 1 N–H and O–H groups in total. The van der Waals surface area contributed by atoms with E-state index in [-0.39, 0.29) is 35.5 Å². The van der Waals surface area contributed by atoms with Gasteiger partial charge in [0.2, 0.25) is 0 Å². The summed E-state index contributed by atoms with van der Waals surface area (Å²) in [6.45, 7) is 2.51. The van der Waals surface area contributed by atoms with Gasteiger partial charge in [-0.05, 0) is 48.5 Å². The molecule has 0 saturated heterocycles. The Bertz CT molecular complexity index is 668. The number of pyridine rings is 1. The standard InChI is InChI=1S/C16H16F2N2O2S/c1-11-4-2-5-12(10-11)22-9-8-19-14(21)13-6-3-7-20-15(13)23-16(17)18/h2-7,10,16H,8-9H2,1H3,(H,19,21). The molecule has 23 heavy (non-hydrogen) atoms. The van der Waals surface area contributed by atoms with E-state index >= 15 is 0 Å². The zero-order valence-electron chi connectivity index (χ0n) is 12.5. The molecule has 0 spiro atoms. The first-order chi connectivity index (χ1) is 11.1. The van der Waals surface area contributed by atoms with Crippen molar-refractivity contribution in [2.24, 2.45) is 0 Å². The summed E-state index contributed by atoms with van der Waals surface area (Å²) in [5.41, 5.74) is 1.21. The van der Waals surface area contributed by atoms with E-state index in [4.69, 9.17) is 4.74 Å². The van der Waals surface area contributed by atoms with Gasteiger partial charge < -0.3 is 10.1 Å². The number of amides is 1. The van der Waals surface area contributed by atoms with Crippen LogP contribution in [0.1, 0.15) is 15.9 Å². The lowest BCUT2D eigenvalue weighted by Crippen LogP contribution is -2.28. The second-order valence-electron chi connectivity index (χ2n) is 4.66. The highest BCUT2D eigenvalue weighted by molar-refractivity contribution is 7.99. The maximum Gasteiger partial charge on any atom is 0.290 e. The molecule has 0 atom stereocenters. The van der Waals surface area contributed by atoms with Gasteiger partial charge in [-0.25, -0.2) is 4.98 Å². The van der Waals surface area contributed by atoms with E-state index < -0.39 is 11.7 Å². The topological polar surface area (TPSA) is 51.2 Å². The molecule has 122 valence electrons. The van der Waals surface area contributed by atoms with E-state index in [1.54, 1.807) is 0 Å². The first kappa shape index (κ1) is 17.2. The van der Waals surface area contributed by atoms with Gasteiger partial charge >= 0.3 is 0 Å². The van der Waals surface area contributed by atoms with Gasteiger partial charge in [-0.15, -0.1) is 0 Å². The van der Waals surface area contributed by atoms with Crippen LogP contribution in [0.4, 0.5) is 8.78 Å². The summed E-state index contributed by atoms with van der Waals surface area (Å²) in [6.07, 6.45) is 1.38. The van der Waals surface area contributed by atoms with E-state index in [0.717, 1.165) is 11.3 Å². The van der Waals surface area contributed by atoms with Gasteiger partial charge in [0.15, 0.2) is 0 Å². The zero-order valence-corrected chi connectivity index (χ0v) is 13.3. The van der Waals surface area contributed by atoms with Crippen LogP contribution in [0.5, 0.6) is 5.75 Å². The molecule has 0 bridgehead atoms. The number of aromatic nitrogens is 1. The largest absolute Gasteiger partial charge is 0.492 e. The molecular formula is C16H16F2N2O2S. The average Bonchev–Trinajstić information content (AvgIpc) is 2.51.